The summed E-state index contributed by atoms with van der Waals surface area (Å²) in [4.78, 5) is 41.9. The predicted octanol–water partition coefficient (Wildman–Crippen LogP) is 4.74. The van der Waals surface area contributed by atoms with Crippen LogP contribution in [0.3, 0.4) is 0 Å². The van der Waals surface area contributed by atoms with Crippen LogP contribution >= 0.6 is 0 Å². The molecule has 4 rings (SSSR count). The molecule has 0 unspecified atom stereocenters. The second kappa shape index (κ2) is 10.2. The molecule has 1 N–H and O–H groups in total. The number of rotatable bonds is 9. The topological polar surface area (TPSA) is 92.1 Å². The number of carbonyl (C=O) groups excluding carboxylic acids is 3. The Bertz CT molecular complexity index is 1140. The first-order chi connectivity index (χ1) is 16.5. The summed E-state index contributed by atoms with van der Waals surface area (Å²) in [5.41, 5.74) is 2.06. The zero-order chi connectivity index (χ0) is 24.1. The van der Waals surface area contributed by atoms with Crippen LogP contribution in [0, 0.1) is 6.92 Å². The van der Waals surface area contributed by atoms with Gasteiger partial charge in [-0.3, -0.25) is 9.59 Å². The van der Waals surface area contributed by atoms with E-state index in [4.69, 9.17) is 9.15 Å². The minimum Gasteiger partial charge on any atom is -0.494 e. The summed E-state index contributed by atoms with van der Waals surface area (Å²) in [7, 11) is 0. The van der Waals surface area contributed by atoms with Gasteiger partial charge in [-0.15, -0.1) is 0 Å². The van der Waals surface area contributed by atoms with Gasteiger partial charge in [-0.1, -0.05) is 24.6 Å². The molecule has 8 heteroatoms. The van der Waals surface area contributed by atoms with Crippen molar-refractivity contribution in [3.05, 3.63) is 78.3 Å². The highest BCUT2D eigenvalue weighted by molar-refractivity contribution is 6.22. The number of hydrogen-bond acceptors (Lipinski definition) is 5. The maximum atomic E-state index is 13.3. The van der Waals surface area contributed by atoms with Crippen molar-refractivity contribution < 1.29 is 23.5 Å². The Morgan fingerprint density at radius 2 is 1.79 bits per heavy atom. The summed E-state index contributed by atoms with van der Waals surface area (Å²) >= 11 is 0. The van der Waals surface area contributed by atoms with Crippen molar-refractivity contribution in [2.24, 2.45) is 0 Å². The maximum Gasteiger partial charge on any atom is 0.332 e. The van der Waals surface area contributed by atoms with Crippen LogP contribution in [0.1, 0.15) is 31.1 Å². The summed E-state index contributed by atoms with van der Waals surface area (Å²) in [5, 5.41) is 2.80. The van der Waals surface area contributed by atoms with Crippen LogP contribution < -0.4 is 15.0 Å². The van der Waals surface area contributed by atoms with Crippen molar-refractivity contribution in [1.29, 1.82) is 0 Å². The Morgan fingerprint density at radius 3 is 2.44 bits per heavy atom. The molecule has 1 atom stereocenters. The number of furan rings is 1. The highest BCUT2D eigenvalue weighted by Crippen LogP contribution is 2.29. The Hall–Kier alpha value is -4.07. The molecule has 34 heavy (non-hydrogen) atoms. The summed E-state index contributed by atoms with van der Waals surface area (Å²) < 4.78 is 10.9. The summed E-state index contributed by atoms with van der Waals surface area (Å²) in [6.45, 7) is 4.66. The number of hydrogen-bond donors (Lipinski definition) is 1. The van der Waals surface area contributed by atoms with E-state index in [-0.39, 0.29) is 18.9 Å². The Morgan fingerprint density at radius 1 is 1.06 bits per heavy atom. The first-order valence-corrected chi connectivity index (χ1v) is 11.2. The second-order valence-corrected chi connectivity index (χ2v) is 8.14. The standard InChI is InChI=1S/C26H27N3O5/c1-3-14-33-21-12-8-19(9-13-21)27-24(30)16-23-25(31)29(20-10-6-18(2)7-11-20)26(32)28(23)17-22-5-4-15-34-22/h4-13,15,23H,3,14,16-17H2,1-2H3,(H,27,30)/t23-/m1/s1. The zero-order valence-electron chi connectivity index (χ0n) is 19.2. The molecule has 2 aromatic carbocycles. The lowest BCUT2D eigenvalue weighted by atomic mass is 10.1. The summed E-state index contributed by atoms with van der Waals surface area (Å²) in [5.74, 6) is 0.428. The van der Waals surface area contributed by atoms with Crippen LogP contribution in [0.15, 0.2) is 71.3 Å². The molecule has 0 spiro atoms. The largest absolute Gasteiger partial charge is 0.494 e. The minimum absolute atomic E-state index is 0.0847. The number of benzene rings is 2. The van der Waals surface area contributed by atoms with Gasteiger partial charge in [0.15, 0.2) is 0 Å². The molecule has 176 valence electrons. The fourth-order valence-electron chi connectivity index (χ4n) is 3.76. The average molecular weight is 462 g/mol. The van der Waals surface area contributed by atoms with E-state index in [0.717, 1.165) is 22.6 Å². The molecular weight excluding hydrogens is 434 g/mol. The van der Waals surface area contributed by atoms with Gasteiger partial charge in [0, 0.05) is 5.69 Å². The van der Waals surface area contributed by atoms with Crippen molar-refractivity contribution in [3.63, 3.8) is 0 Å². The normalized spacial score (nSPS) is 15.6. The molecule has 2 heterocycles. The van der Waals surface area contributed by atoms with E-state index in [2.05, 4.69) is 5.32 Å². The number of amides is 4. The van der Waals surface area contributed by atoms with Crippen LogP contribution in [-0.4, -0.2) is 35.4 Å². The van der Waals surface area contributed by atoms with Crippen molar-refractivity contribution in [2.45, 2.75) is 39.3 Å². The quantitative estimate of drug-likeness (QED) is 0.465. The molecule has 1 aliphatic rings. The molecule has 4 amide bonds. The predicted molar refractivity (Wildman–Crippen MR) is 128 cm³/mol. The third-order valence-electron chi connectivity index (χ3n) is 5.51. The van der Waals surface area contributed by atoms with Gasteiger partial charge in [0.05, 0.1) is 31.5 Å². The van der Waals surface area contributed by atoms with Gasteiger partial charge < -0.3 is 19.4 Å². The lowest BCUT2D eigenvalue weighted by molar-refractivity contribution is -0.124. The van der Waals surface area contributed by atoms with Crippen molar-refractivity contribution in [1.82, 2.24) is 4.90 Å². The maximum absolute atomic E-state index is 13.3. The molecular formula is C26H27N3O5. The van der Waals surface area contributed by atoms with Crippen molar-refractivity contribution in [3.8, 4) is 5.75 Å². The van der Waals surface area contributed by atoms with Crippen LogP contribution in [-0.2, 0) is 16.1 Å². The van der Waals surface area contributed by atoms with E-state index >= 15 is 0 Å². The van der Waals surface area contributed by atoms with Gasteiger partial charge in [0.25, 0.3) is 5.91 Å². The monoisotopic (exact) mass is 461 g/mol. The van der Waals surface area contributed by atoms with Crippen molar-refractivity contribution >= 4 is 29.2 Å². The van der Waals surface area contributed by atoms with Crippen LogP contribution in [0.5, 0.6) is 5.75 Å². The molecule has 0 radical (unpaired) electrons. The third-order valence-corrected chi connectivity index (χ3v) is 5.51. The molecule has 0 aliphatic carbocycles. The van der Waals surface area contributed by atoms with Gasteiger partial charge in [-0.25, -0.2) is 9.69 Å². The van der Waals surface area contributed by atoms with Crippen LogP contribution in [0.2, 0.25) is 0 Å². The third kappa shape index (κ3) is 5.11. The Kier molecular flexibility index (Phi) is 6.96. The van der Waals surface area contributed by atoms with Gasteiger partial charge in [0.1, 0.15) is 17.6 Å². The van der Waals surface area contributed by atoms with E-state index in [1.807, 2.05) is 26.0 Å². The van der Waals surface area contributed by atoms with E-state index in [1.165, 1.54) is 11.2 Å². The Labute approximate surface area is 198 Å². The fourth-order valence-corrected chi connectivity index (χ4v) is 3.76. The highest BCUT2D eigenvalue weighted by Gasteiger charge is 2.47. The van der Waals surface area contributed by atoms with E-state index in [0.29, 0.717) is 23.7 Å². The molecule has 0 bridgehead atoms. The molecule has 1 saturated heterocycles. The number of imide groups is 1. The van der Waals surface area contributed by atoms with Crippen LogP contribution in [0.4, 0.5) is 16.2 Å². The van der Waals surface area contributed by atoms with Gasteiger partial charge in [0.2, 0.25) is 5.91 Å². The number of ether oxygens (including phenoxy) is 1. The first kappa shape index (κ1) is 23.1. The lowest BCUT2D eigenvalue weighted by Crippen LogP contribution is -2.37. The summed E-state index contributed by atoms with van der Waals surface area (Å²) in [6, 6.07) is 16.1. The molecule has 1 fully saturated rings. The zero-order valence-corrected chi connectivity index (χ0v) is 19.2. The second-order valence-electron chi connectivity index (χ2n) is 8.14. The Balaban J connectivity index is 1.51. The molecule has 8 nitrogen and oxygen atoms in total. The van der Waals surface area contributed by atoms with Gasteiger partial charge in [-0.2, -0.15) is 0 Å². The molecule has 0 saturated carbocycles. The number of urea groups is 1. The minimum atomic E-state index is -0.953. The number of nitrogens with zero attached hydrogens (tertiary/aromatic N) is 2. The first-order valence-electron chi connectivity index (χ1n) is 11.2. The smallest absolute Gasteiger partial charge is 0.332 e. The van der Waals surface area contributed by atoms with Gasteiger partial charge >= 0.3 is 6.03 Å². The van der Waals surface area contributed by atoms with E-state index in [1.54, 1.807) is 48.5 Å². The molecule has 3 aromatic rings. The average Bonchev–Trinajstić information content (AvgIpc) is 3.42. The van der Waals surface area contributed by atoms with Crippen LogP contribution in [0.25, 0.3) is 0 Å². The number of carbonyl (C=O) groups is 3. The fraction of sp³-hybridized carbons (Fsp3) is 0.269. The highest BCUT2D eigenvalue weighted by atomic mass is 16.5. The number of anilines is 2. The lowest BCUT2D eigenvalue weighted by Gasteiger charge is -2.20. The number of nitrogens with one attached hydrogen (secondary N) is 1. The van der Waals surface area contributed by atoms with Gasteiger partial charge in [-0.05, 0) is 61.9 Å². The molecule has 1 aromatic heterocycles. The SMILES string of the molecule is CCCOc1ccc(NC(=O)C[C@@H]2C(=O)N(c3ccc(C)cc3)C(=O)N2Cc2ccco2)cc1. The summed E-state index contributed by atoms with van der Waals surface area (Å²) in [6.07, 6.45) is 2.23. The van der Waals surface area contributed by atoms with E-state index < -0.39 is 18.0 Å². The number of aryl methyl sites for hydroxylation is 1. The molecule has 1 aliphatic heterocycles. The van der Waals surface area contributed by atoms with Crippen molar-refractivity contribution in [2.75, 3.05) is 16.8 Å². The van der Waals surface area contributed by atoms with E-state index in [9.17, 15) is 14.4 Å².